The van der Waals surface area contributed by atoms with Crippen LogP contribution in [-0.4, -0.2) is 49.4 Å². The van der Waals surface area contributed by atoms with Gasteiger partial charge in [-0.1, -0.05) is 12.1 Å². The maximum atomic E-state index is 12.2. The summed E-state index contributed by atoms with van der Waals surface area (Å²) in [6, 6.07) is 6.88. The Bertz CT molecular complexity index is 815. The van der Waals surface area contributed by atoms with E-state index in [1.807, 2.05) is 0 Å². The molecular weight excluding hydrogens is 370 g/mol. The van der Waals surface area contributed by atoms with Gasteiger partial charge in [0.05, 0.1) is 12.2 Å². The van der Waals surface area contributed by atoms with E-state index < -0.39 is 10.0 Å². The van der Waals surface area contributed by atoms with E-state index in [1.165, 1.54) is 0 Å². The fourth-order valence-electron chi connectivity index (χ4n) is 2.87. The van der Waals surface area contributed by atoms with Crippen LogP contribution in [0.5, 0.6) is 0 Å². The summed E-state index contributed by atoms with van der Waals surface area (Å²) < 4.78 is 26.9. The first-order valence-corrected chi connectivity index (χ1v) is 10.7. The van der Waals surface area contributed by atoms with E-state index in [0.717, 1.165) is 23.3 Å². The van der Waals surface area contributed by atoms with Crippen LogP contribution in [0, 0.1) is 0 Å². The van der Waals surface area contributed by atoms with E-state index >= 15 is 0 Å². The molecule has 3 amide bonds. The Balaban J connectivity index is 1.51. The Labute approximate surface area is 158 Å². The van der Waals surface area contributed by atoms with Crippen molar-refractivity contribution in [1.29, 1.82) is 0 Å². The summed E-state index contributed by atoms with van der Waals surface area (Å²) in [6.45, 7) is -0.146. The van der Waals surface area contributed by atoms with E-state index in [0.29, 0.717) is 18.2 Å². The highest BCUT2D eigenvalue weighted by Gasteiger charge is 2.27. The summed E-state index contributed by atoms with van der Waals surface area (Å²) in [5.41, 5.74) is 1.17. The molecule has 8 nitrogen and oxygen atoms in total. The van der Waals surface area contributed by atoms with Gasteiger partial charge in [-0.3, -0.25) is 24.0 Å². The summed E-state index contributed by atoms with van der Waals surface area (Å²) in [7, 11) is -3.70. The van der Waals surface area contributed by atoms with Crippen molar-refractivity contribution >= 4 is 33.4 Å². The van der Waals surface area contributed by atoms with Crippen molar-refractivity contribution in [2.24, 2.45) is 0 Å². The first-order valence-electron chi connectivity index (χ1n) is 9.04. The van der Waals surface area contributed by atoms with E-state index in [2.05, 4.69) is 10.0 Å². The lowest BCUT2D eigenvalue weighted by atomic mass is 10.1. The summed E-state index contributed by atoms with van der Waals surface area (Å²) in [6.07, 6.45) is 3.37. The van der Waals surface area contributed by atoms with E-state index in [4.69, 9.17) is 0 Å². The Hall–Kier alpha value is -2.42. The molecule has 1 saturated heterocycles. The number of anilines is 1. The molecule has 1 aromatic rings. The van der Waals surface area contributed by atoms with E-state index in [-0.39, 0.29) is 49.3 Å². The smallest absolute Gasteiger partial charge is 0.234 e. The number of carbonyl (C=O) groups is 3. The molecule has 0 spiro atoms. The van der Waals surface area contributed by atoms with Crippen molar-refractivity contribution in [3.05, 3.63) is 29.8 Å². The molecule has 9 heteroatoms. The molecule has 0 aromatic heterocycles. The first-order chi connectivity index (χ1) is 12.8. The monoisotopic (exact) mass is 393 g/mol. The van der Waals surface area contributed by atoms with Crippen LogP contribution in [0.2, 0.25) is 0 Å². The summed E-state index contributed by atoms with van der Waals surface area (Å²) >= 11 is 0. The molecule has 0 unspecified atom stereocenters. The lowest BCUT2D eigenvalue weighted by molar-refractivity contribution is -0.147. The molecule has 2 N–H and O–H groups in total. The van der Waals surface area contributed by atoms with Crippen molar-refractivity contribution in [2.45, 2.75) is 44.6 Å². The normalized spacial score (nSPS) is 17.7. The Morgan fingerprint density at radius 1 is 1.07 bits per heavy atom. The molecule has 1 aromatic carbocycles. The number of hydrogen-bond acceptors (Lipinski definition) is 5. The molecule has 0 radical (unpaired) electrons. The largest absolute Gasteiger partial charge is 0.353 e. The number of benzene rings is 1. The number of rotatable bonds is 8. The molecule has 2 aliphatic rings. The Morgan fingerprint density at radius 3 is 2.30 bits per heavy atom. The van der Waals surface area contributed by atoms with Crippen molar-refractivity contribution in [3.63, 3.8) is 0 Å². The quantitative estimate of drug-likeness (QED) is 0.634. The summed E-state index contributed by atoms with van der Waals surface area (Å²) in [5, 5.41) is 2.90. The number of imide groups is 1. The molecule has 1 aliphatic heterocycles. The minimum Gasteiger partial charge on any atom is -0.353 e. The zero-order valence-electron chi connectivity index (χ0n) is 14.9. The topological polar surface area (TPSA) is 113 Å². The molecule has 1 heterocycles. The molecule has 27 heavy (non-hydrogen) atoms. The van der Waals surface area contributed by atoms with Crippen molar-refractivity contribution in [3.8, 4) is 0 Å². The molecule has 2 fully saturated rings. The zero-order valence-corrected chi connectivity index (χ0v) is 15.8. The minimum atomic E-state index is -3.70. The maximum Gasteiger partial charge on any atom is 0.234 e. The van der Waals surface area contributed by atoms with Gasteiger partial charge in [0.25, 0.3) is 0 Å². The third-order valence-corrected chi connectivity index (χ3v) is 5.77. The summed E-state index contributed by atoms with van der Waals surface area (Å²) in [4.78, 5) is 36.3. The highest BCUT2D eigenvalue weighted by molar-refractivity contribution is 7.92. The van der Waals surface area contributed by atoms with Gasteiger partial charge in [0.1, 0.15) is 0 Å². The predicted molar refractivity (Wildman–Crippen MR) is 99.3 cm³/mol. The molecule has 1 aliphatic carbocycles. The van der Waals surface area contributed by atoms with Gasteiger partial charge < -0.3 is 5.32 Å². The third kappa shape index (κ3) is 5.78. The molecule has 0 atom stereocenters. The second kappa shape index (κ2) is 8.08. The second-order valence-corrected chi connectivity index (χ2v) is 8.77. The molecule has 0 bridgehead atoms. The number of hydrogen-bond donors (Lipinski definition) is 2. The van der Waals surface area contributed by atoms with E-state index in [1.54, 1.807) is 24.3 Å². The third-order valence-electron chi connectivity index (χ3n) is 4.50. The number of piperidine rings is 1. The van der Waals surface area contributed by atoms with Crippen LogP contribution < -0.4 is 10.0 Å². The van der Waals surface area contributed by atoms with Crippen LogP contribution in [0.25, 0.3) is 0 Å². The first kappa shape index (κ1) is 19.3. The fraction of sp³-hybridized carbons (Fsp3) is 0.500. The molecule has 1 saturated carbocycles. The lowest BCUT2D eigenvalue weighted by Crippen LogP contribution is -2.43. The van der Waals surface area contributed by atoms with Gasteiger partial charge in [0, 0.05) is 31.1 Å². The van der Waals surface area contributed by atoms with Crippen molar-refractivity contribution in [1.82, 2.24) is 10.2 Å². The fourth-order valence-corrected chi connectivity index (χ4v) is 3.89. The van der Waals surface area contributed by atoms with Crippen LogP contribution in [0.15, 0.2) is 24.3 Å². The van der Waals surface area contributed by atoms with Crippen molar-refractivity contribution in [2.75, 3.05) is 17.0 Å². The van der Waals surface area contributed by atoms with Gasteiger partial charge in [-0.05, 0) is 37.0 Å². The standard InChI is InChI=1S/C18H23N3O5S/c22-16(19-14-8-9-14)12-13-4-6-15(7-5-13)20-27(25,26)11-10-21-17(23)2-1-3-18(21)24/h4-7,14,20H,1-3,8-12H2,(H,19,22). The van der Waals surface area contributed by atoms with Crippen LogP contribution in [-0.2, 0) is 30.8 Å². The Kier molecular flexibility index (Phi) is 5.79. The van der Waals surface area contributed by atoms with Gasteiger partial charge in [-0.15, -0.1) is 0 Å². The zero-order chi connectivity index (χ0) is 19.4. The molecule has 146 valence electrons. The molecular formula is C18H23N3O5S. The number of sulfonamides is 1. The molecule has 3 rings (SSSR count). The van der Waals surface area contributed by atoms with Crippen LogP contribution in [0.3, 0.4) is 0 Å². The van der Waals surface area contributed by atoms with Gasteiger partial charge in [-0.2, -0.15) is 0 Å². The lowest BCUT2D eigenvalue weighted by Gasteiger charge is -2.24. The van der Waals surface area contributed by atoms with Gasteiger partial charge in [0.2, 0.25) is 27.7 Å². The van der Waals surface area contributed by atoms with Crippen LogP contribution in [0.4, 0.5) is 5.69 Å². The van der Waals surface area contributed by atoms with Crippen LogP contribution in [0.1, 0.15) is 37.7 Å². The highest BCUT2D eigenvalue weighted by Crippen LogP contribution is 2.19. The maximum absolute atomic E-state index is 12.2. The number of carbonyl (C=O) groups excluding carboxylic acids is 3. The average molecular weight is 393 g/mol. The van der Waals surface area contributed by atoms with Gasteiger partial charge in [0.15, 0.2) is 0 Å². The van der Waals surface area contributed by atoms with E-state index in [9.17, 15) is 22.8 Å². The predicted octanol–water partition coefficient (Wildman–Crippen LogP) is 0.788. The number of nitrogens with zero attached hydrogens (tertiary/aromatic N) is 1. The number of amides is 3. The van der Waals surface area contributed by atoms with Gasteiger partial charge in [-0.25, -0.2) is 8.42 Å². The summed E-state index contributed by atoms with van der Waals surface area (Å²) in [5.74, 6) is -1.04. The van der Waals surface area contributed by atoms with Crippen LogP contribution >= 0.6 is 0 Å². The second-order valence-electron chi connectivity index (χ2n) is 6.93. The highest BCUT2D eigenvalue weighted by atomic mass is 32.2. The van der Waals surface area contributed by atoms with Crippen molar-refractivity contribution < 1.29 is 22.8 Å². The number of nitrogens with one attached hydrogen (secondary N) is 2. The average Bonchev–Trinajstić information content (AvgIpc) is 3.40. The minimum absolute atomic E-state index is 0.0401. The Morgan fingerprint density at radius 2 is 1.70 bits per heavy atom. The number of likely N-dealkylation sites (tertiary alicyclic amines) is 1. The SMILES string of the molecule is O=C(Cc1ccc(NS(=O)(=O)CCN2C(=O)CCCC2=O)cc1)NC1CC1. The van der Waals surface area contributed by atoms with Gasteiger partial charge >= 0.3 is 0 Å².